The molecule has 0 aliphatic rings. The Kier molecular flexibility index (Phi) is 3.21. The van der Waals surface area contributed by atoms with Crippen LogP contribution < -0.4 is 5.56 Å². The Morgan fingerprint density at radius 2 is 2.33 bits per heavy atom. The Morgan fingerprint density at radius 1 is 1.67 bits per heavy atom. The fraction of sp³-hybridized carbons (Fsp3) is 0.250. The fourth-order valence-electron chi connectivity index (χ4n) is 1.18. The maximum atomic E-state index is 11.9. The highest BCUT2D eigenvalue weighted by Gasteiger charge is 2.16. The molecule has 0 bridgehead atoms. The lowest BCUT2D eigenvalue weighted by Gasteiger charge is -2.05. The second-order valence-electron chi connectivity index (χ2n) is 2.91. The molecule has 0 aliphatic carbocycles. The van der Waals surface area contributed by atoms with Crippen molar-refractivity contribution in [2.45, 2.75) is 11.8 Å². The SMILES string of the molecule is CC(Br)c1nc2scc(Cl)n2c(=O)c1Br. The van der Waals surface area contributed by atoms with Gasteiger partial charge >= 0.3 is 0 Å². The first-order chi connectivity index (χ1) is 7.02. The Balaban J connectivity index is 2.91. The number of alkyl halides is 1. The van der Waals surface area contributed by atoms with E-state index < -0.39 is 0 Å². The minimum atomic E-state index is -0.174. The van der Waals surface area contributed by atoms with Crippen molar-refractivity contribution in [1.82, 2.24) is 9.38 Å². The van der Waals surface area contributed by atoms with Crippen molar-refractivity contribution in [2.24, 2.45) is 0 Å². The van der Waals surface area contributed by atoms with Crippen molar-refractivity contribution >= 4 is 59.8 Å². The Hall–Kier alpha value is 0.0900. The van der Waals surface area contributed by atoms with Crippen molar-refractivity contribution in [3.8, 4) is 0 Å². The van der Waals surface area contributed by atoms with Gasteiger partial charge in [-0.3, -0.25) is 4.79 Å². The molecule has 3 nitrogen and oxygen atoms in total. The Morgan fingerprint density at radius 3 is 2.93 bits per heavy atom. The molecule has 0 fully saturated rings. The highest BCUT2D eigenvalue weighted by atomic mass is 79.9. The highest BCUT2D eigenvalue weighted by Crippen LogP contribution is 2.27. The van der Waals surface area contributed by atoms with Gasteiger partial charge in [-0.1, -0.05) is 27.5 Å². The first-order valence-corrected chi connectivity index (χ1v) is 6.98. The molecule has 2 aromatic heterocycles. The third-order valence-electron chi connectivity index (χ3n) is 1.88. The maximum absolute atomic E-state index is 11.9. The standard InChI is InChI=1S/C8H5Br2ClN2OS/c1-3(9)6-5(10)7(14)13-4(11)2-15-8(13)12-6/h2-3H,1H3. The first kappa shape index (κ1) is 11.6. The van der Waals surface area contributed by atoms with Crippen LogP contribution in [0.1, 0.15) is 17.4 Å². The summed E-state index contributed by atoms with van der Waals surface area (Å²) in [4.78, 5) is 16.9. The van der Waals surface area contributed by atoms with Gasteiger partial charge in [-0.2, -0.15) is 0 Å². The third-order valence-corrected chi connectivity index (χ3v) is 4.29. The molecule has 2 aromatic rings. The third kappa shape index (κ3) is 1.88. The van der Waals surface area contributed by atoms with Gasteiger partial charge in [0, 0.05) is 5.38 Å². The first-order valence-electron chi connectivity index (χ1n) is 4.01. The van der Waals surface area contributed by atoms with E-state index in [0.717, 1.165) is 0 Å². The van der Waals surface area contributed by atoms with Gasteiger partial charge in [-0.15, -0.1) is 11.3 Å². The number of thiazole rings is 1. The van der Waals surface area contributed by atoms with E-state index in [2.05, 4.69) is 36.8 Å². The van der Waals surface area contributed by atoms with Crippen LogP contribution in [0.2, 0.25) is 5.15 Å². The van der Waals surface area contributed by atoms with Gasteiger partial charge in [-0.05, 0) is 22.9 Å². The molecule has 80 valence electrons. The van der Waals surface area contributed by atoms with Crippen LogP contribution in [0, 0.1) is 0 Å². The van der Waals surface area contributed by atoms with Crippen molar-refractivity contribution in [2.75, 3.05) is 0 Å². The zero-order valence-electron chi connectivity index (χ0n) is 7.50. The van der Waals surface area contributed by atoms with Gasteiger partial charge in [-0.25, -0.2) is 9.38 Å². The summed E-state index contributed by atoms with van der Waals surface area (Å²) in [6.45, 7) is 1.91. The molecule has 0 aliphatic heterocycles. The summed E-state index contributed by atoms with van der Waals surface area (Å²) < 4.78 is 1.83. The van der Waals surface area contributed by atoms with Crippen LogP contribution in [0.15, 0.2) is 14.6 Å². The van der Waals surface area contributed by atoms with E-state index in [-0.39, 0.29) is 10.4 Å². The summed E-state index contributed by atoms with van der Waals surface area (Å²) in [5, 5.41) is 2.09. The number of rotatable bonds is 1. The van der Waals surface area contributed by atoms with E-state index in [1.807, 2.05) is 6.92 Å². The lowest BCUT2D eigenvalue weighted by atomic mass is 10.3. The molecule has 0 N–H and O–H groups in total. The molecule has 15 heavy (non-hydrogen) atoms. The molecule has 7 heteroatoms. The van der Waals surface area contributed by atoms with Gasteiger partial charge in [0.25, 0.3) is 5.56 Å². The largest absolute Gasteiger partial charge is 0.274 e. The van der Waals surface area contributed by atoms with Gasteiger partial charge in [0.1, 0.15) is 9.63 Å². The van der Waals surface area contributed by atoms with Crippen molar-refractivity contribution in [1.29, 1.82) is 0 Å². The molecular formula is C8H5Br2ClN2OS. The molecule has 2 rings (SSSR count). The average Bonchev–Trinajstić information content (AvgIpc) is 2.53. The molecule has 0 spiro atoms. The normalized spacial score (nSPS) is 13.3. The fourth-order valence-corrected chi connectivity index (χ4v) is 3.52. The summed E-state index contributed by atoms with van der Waals surface area (Å²) in [5.41, 5.74) is 0.520. The van der Waals surface area contributed by atoms with Crippen LogP contribution in [-0.2, 0) is 0 Å². The number of aromatic nitrogens is 2. The van der Waals surface area contributed by atoms with Crippen LogP contribution in [0.5, 0.6) is 0 Å². The molecule has 0 amide bonds. The number of fused-ring (bicyclic) bond motifs is 1. The number of hydrogen-bond acceptors (Lipinski definition) is 3. The monoisotopic (exact) mass is 370 g/mol. The predicted octanol–water partition coefficient (Wildman–Crippen LogP) is 3.63. The Labute approximate surface area is 111 Å². The van der Waals surface area contributed by atoms with Crippen LogP contribution in [-0.4, -0.2) is 9.38 Å². The second kappa shape index (κ2) is 4.16. The molecule has 1 atom stereocenters. The van der Waals surface area contributed by atoms with Crippen LogP contribution >= 0.6 is 54.8 Å². The summed E-state index contributed by atoms with van der Waals surface area (Å²) in [6.07, 6.45) is 0. The number of halogens is 3. The van der Waals surface area contributed by atoms with Gasteiger partial charge in [0.05, 0.1) is 10.5 Å². The van der Waals surface area contributed by atoms with E-state index in [1.165, 1.54) is 15.7 Å². The number of hydrogen-bond donors (Lipinski definition) is 0. The zero-order valence-corrected chi connectivity index (χ0v) is 12.2. The van der Waals surface area contributed by atoms with E-state index in [9.17, 15) is 4.79 Å². The van der Waals surface area contributed by atoms with Crippen LogP contribution in [0.3, 0.4) is 0 Å². The zero-order chi connectivity index (χ0) is 11.2. The highest BCUT2D eigenvalue weighted by molar-refractivity contribution is 9.11. The van der Waals surface area contributed by atoms with Crippen molar-refractivity contribution < 1.29 is 0 Å². The van der Waals surface area contributed by atoms with Gasteiger partial charge in [0.2, 0.25) is 0 Å². The van der Waals surface area contributed by atoms with Crippen molar-refractivity contribution in [3.63, 3.8) is 0 Å². The summed E-state index contributed by atoms with van der Waals surface area (Å²) in [5.74, 6) is 0. The van der Waals surface area contributed by atoms with E-state index in [1.54, 1.807) is 5.38 Å². The Bertz CT molecular complexity index is 578. The van der Waals surface area contributed by atoms with Crippen LogP contribution in [0.25, 0.3) is 4.96 Å². The molecule has 0 radical (unpaired) electrons. The van der Waals surface area contributed by atoms with Gasteiger partial charge in [0.15, 0.2) is 4.96 Å². The predicted molar refractivity (Wildman–Crippen MR) is 69.4 cm³/mol. The summed E-state index contributed by atoms with van der Waals surface area (Å²) >= 11 is 13.9. The quantitative estimate of drug-likeness (QED) is 0.717. The smallest absolute Gasteiger partial charge is 0.268 e. The molecular weight excluding hydrogens is 367 g/mol. The molecule has 0 saturated carbocycles. The summed E-state index contributed by atoms with van der Waals surface area (Å²) in [6, 6.07) is 0. The molecule has 2 heterocycles. The molecule has 0 aromatic carbocycles. The van der Waals surface area contributed by atoms with E-state index >= 15 is 0 Å². The molecule has 0 saturated heterocycles. The minimum absolute atomic E-state index is 0.0189. The summed E-state index contributed by atoms with van der Waals surface area (Å²) in [7, 11) is 0. The minimum Gasteiger partial charge on any atom is -0.268 e. The topological polar surface area (TPSA) is 34.4 Å². The maximum Gasteiger partial charge on any atom is 0.274 e. The van der Waals surface area contributed by atoms with Gasteiger partial charge < -0.3 is 0 Å². The van der Waals surface area contributed by atoms with E-state index in [4.69, 9.17) is 11.6 Å². The van der Waals surface area contributed by atoms with Crippen molar-refractivity contribution in [3.05, 3.63) is 31.1 Å². The number of nitrogens with zero attached hydrogens (tertiary/aromatic N) is 2. The molecule has 1 unspecified atom stereocenters. The second-order valence-corrected chi connectivity index (χ2v) is 6.30. The lowest BCUT2D eigenvalue weighted by molar-refractivity contribution is 0.960. The lowest BCUT2D eigenvalue weighted by Crippen LogP contribution is -2.17. The van der Waals surface area contributed by atoms with Crippen LogP contribution in [0.4, 0.5) is 0 Å². The van der Waals surface area contributed by atoms with E-state index in [0.29, 0.717) is 20.3 Å². The average molecular weight is 372 g/mol.